The Morgan fingerprint density at radius 1 is 1.27 bits per heavy atom. The molecule has 0 radical (unpaired) electrons. The number of fused-ring (bicyclic) bond motifs is 1. The Kier molecular flexibility index (Phi) is 5.13. The first-order valence-corrected chi connectivity index (χ1v) is 8.77. The van der Waals surface area contributed by atoms with E-state index in [9.17, 15) is 18.5 Å². The molecule has 0 aromatic heterocycles. The minimum atomic E-state index is -3.83. The van der Waals surface area contributed by atoms with Crippen LogP contribution in [0.3, 0.4) is 0 Å². The Hall–Kier alpha value is -0.740. The van der Waals surface area contributed by atoms with Gasteiger partial charge in [-0.05, 0) is 37.1 Å². The lowest BCUT2D eigenvalue weighted by Gasteiger charge is -2.17. The molecule has 0 spiro atoms. The van der Waals surface area contributed by atoms with Crippen LogP contribution in [-0.4, -0.2) is 43.8 Å². The standard InChI is InChI=1S/C12H14BrN3O4S.ClH/c13-10-1-2-12(11(3-10)16(17)18)21(19,20)15-6-8-4-14-5-9(8)7-15;/h1-3,8-9,14H,4-7H2;1H/t8-,9+;. The van der Waals surface area contributed by atoms with Gasteiger partial charge in [-0.2, -0.15) is 4.31 Å². The average molecular weight is 413 g/mol. The summed E-state index contributed by atoms with van der Waals surface area (Å²) in [4.78, 5) is 10.2. The first-order valence-electron chi connectivity index (χ1n) is 6.54. The minimum absolute atomic E-state index is 0. The lowest BCUT2D eigenvalue weighted by Crippen LogP contribution is -2.32. The van der Waals surface area contributed by atoms with Crippen molar-refractivity contribution in [2.75, 3.05) is 26.2 Å². The van der Waals surface area contributed by atoms with Crippen LogP contribution in [0.15, 0.2) is 27.6 Å². The van der Waals surface area contributed by atoms with E-state index in [-0.39, 0.29) is 23.0 Å². The van der Waals surface area contributed by atoms with E-state index in [1.807, 2.05) is 0 Å². The van der Waals surface area contributed by atoms with E-state index in [4.69, 9.17) is 0 Å². The van der Waals surface area contributed by atoms with E-state index in [0.717, 1.165) is 13.1 Å². The Bertz CT molecular complexity index is 688. The SMILES string of the molecule is Cl.O=[N+]([O-])c1cc(Br)ccc1S(=O)(=O)N1C[C@H]2CNC[C@H]2C1. The summed E-state index contributed by atoms with van der Waals surface area (Å²) in [6, 6.07) is 4.04. The fraction of sp³-hybridized carbons (Fsp3) is 0.500. The van der Waals surface area contributed by atoms with Crippen molar-refractivity contribution in [1.82, 2.24) is 9.62 Å². The lowest BCUT2D eigenvalue weighted by molar-refractivity contribution is -0.387. The molecule has 2 fully saturated rings. The van der Waals surface area contributed by atoms with Crippen molar-refractivity contribution in [3.05, 3.63) is 32.8 Å². The molecule has 2 aliphatic rings. The maximum absolute atomic E-state index is 12.7. The summed E-state index contributed by atoms with van der Waals surface area (Å²) in [5.41, 5.74) is -0.389. The highest BCUT2D eigenvalue weighted by Crippen LogP contribution is 2.34. The van der Waals surface area contributed by atoms with Crippen LogP contribution in [-0.2, 0) is 10.0 Å². The summed E-state index contributed by atoms with van der Waals surface area (Å²) in [7, 11) is -3.83. The monoisotopic (exact) mass is 411 g/mol. The lowest BCUT2D eigenvalue weighted by atomic mass is 10.0. The Morgan fingerprint density at radius 2 is 1.86 bits per heavy atom. The number of nitro benzene ring substituents is 1. The van der Waals surface area contributed by atoms with Gasteiger partial charge in [-0.3, -0.25) is 10.1 Å². The summed E-state index contributed by atoms with van der Waals surface area (Å²) in [6.45, 7) is 2.46. The molecule has 122 valence electrons. The predicted molar refractivity (Wildman–Crippen MR) is 86.7 cm³/mol. The highest BCUT2D eigenvalue weighted by atomic mass is 79.9. The summed E-state index contributed by atoms with van der Waals surface area (Å²) in [6.07, 6.45) is 0. The van der Waals surface area contributed by atoms with Crippen molar-refractivity contribution in [1.29, 1.82) is 0 Å². The van der Waals surface area contributed by atoms with E-state index < -0.39 is 14.9 Å². The molecule has 2 heterocycles. The molecule has 1 N–H and O–H groups in total. The fourth-order valence-electron chi connectivity index (χ4n) is 3.00. The molecule has 1 aromatic rings. The van der Waals surface area contributed by atoms with Gasteiger partial charge in [-0.25, -0.2) is 8.42 Å². The van der Waals surface area contributed by atoms with Gasteiger partial charge < -0.3 is 5.32 Å². The van der Waals surface area contributed by atoms with Crippen LogP contribution in [0.25, 0.3) is 0 Å². The minimum Gasteiger partial charge on any atom is -0.316 e. The summed E-state index contributed by atoms with van der Waals surface area (Å²) in [5, 5.41) is 14.4. The molecular weight excluding hydrogens is 398 g/mol. The van der Waals surface area contributed by atoms with Crippen LogP contribution in [0.1, 0.15) is 0 Å². The van der Waals surface area contributed by atoms with E-state index in [0.29, 0.717) is 29.4 Å². The molecule has 0 unspecified atom stereocenters. The third-order valence-corrected chi connectivity index (χ3v) is 6.46. The van der Waals surface area contributed by atoms with Crippen molar-refractivity contribution >= 4 is 44.0 Å². The molecule has 7 nitrogen and oxygen atoms in total. The van der Waals surface area contributed by atoms with Gasteiger partial charge in [0.05, 0.1) is 4.92 Å². The second kappa shape index (κ2) is 6.40. The second-order valence-electron chi connectivity index (χ2n) is 5.37. The highest BCUT2D eigenvalue weighted by Gasteiger charge is 2.43. The third kappa shape index (κ3) is 3.00. The Labute approximate surface area is 142 Å². The number of halogens is 2. The number of hydrogen-bond acceptors (Lipinski definition) is 5. The Balaban J connectivity index is 0.00000176. The van der Waals surface area contributed by atoms with Crippen molar-refractivity contribution in [2.24, 2.45) is 11.8 Å². The smallest absolute Gasteiger partial charge is 0.290 e. The van der Waals surface area contributed by atoms with E-state index in [1.165, 1.54) is 22.5 Å². The number of rotatable bonds is 3. The second-order valence-corrected chi connectivity index (χ2v) is 8.19. The van der Waals surface area contributed by atoms with Crippen molar-refractivity contribution in [3.8, 4) is 0 Å². The number of sulfonamides is 1. The molecule has 22 heavy (non-hydrogen) atoms. The van der Waals surface area contributed by atoms with Crippen LogP contribution < -0.4 is 5.32 Å². The van der Waals surface area contributed by atoms with Gasteiger partial charge in [0, 0.05) is 23.6 Å². The molecule has 2 atom stereocenters. The molecule has 0 amide bonds. The molecule has 2 aliphatic heterocycles. The molecule has 1 aromatic carbocycles. The zero-order valence-corrected chi connectivity index (χ0v) is 14.7. The van der Waals surface area contributed by atoms with Crippen molar-refractivity contribution < 1.29 is 13.3 Å². The van der Waals surface area contributed by atoms with E-state index >= 15 is 0 Å². The maximum atomic E-state index is 12.7. The molecule has 0 saturated carbocycles. The topological polar surface area (TPSA) is 92.5 Å². The van der Waals surface area contributed by atoms with Crippen molar-refractivity contribution in [3.63, 3.8) is 0 Å². The van der Waals surface area contributed by atoms with Gasteiger partial charge in [0.1, 0.15) is 0 Å². The van der Waals surface area contributed by atoms with Crippen LogP contribution in [0.5, 0.6) is 0 Å². The van der Waals surface area contributed by atoms with Gasteiger partial charge in [-0.15, -0.1) is 12.4 Å². The number of benzene rings is 1. The first kappa shape index (κ1) is 17.6. The summed E-state index contributed by atoms with van der Waals surface area (Å²) in [5.74, 6) is 0.601. The van der Waals surface area contributed by atoms with Gasteiger partial charge in [-0.1, -0.05) is 15.9 Å². The van der Waals surface area contributed by atoms with Crippen molar-refractivity contribution in [2.45, 2.75) is 4.90 Å². The number of nitro groups is 1. The molecular formula is C12H15BrClN3O4S. The predicted octanol–water partition coefficient (Wildman–Crippen LogP) is 1.62. The number of nitrogens with zero attached hydrogens (tertiary/aromatic N) is 2. The zero-order valence-electron chi connectivity index (χ0n) is 11.4. The fourth-order valence-corrected chi connectivity index (χ4v) is 5.04. The van der Waals surface area contributed by atoms with Crippen LogP contribution >= 0.6 is 28.3 Å². The number of hydrogen-bond donors (Lipinski definition) is 1. The quantitative estimate of drug-likeness (QED) is 0.601. The maximum Gasteiger partial charge on any atom is 0.290 e. The van der Waals surface area contributed by atoms with Gasteiger partial charge in [0.2, 0.25) is 10.0 Å². The molecule has 3 rings (SSSR count). The number of nitrogens with one attached hydrogen (secondary N) is 1. The van der Waals surface area contributed by atoms with Crippen LogP contribution in [0.4, 0.5) is 5.69 Å². The highest BCUT2D eigenvalue weighted by molar-refractivity contribution is 9.10. The van der Waals surface area contributed by atoms with E-state index in [1.54, 1.807) is 0 Å². The van der Waals surface area contributed by atoms with Gasteiger partial charge in [0.25, 0.3) is 5.69 Å². The van der Waals surface area contributed by atoms with Crippen LogP contribution in [0, 0.1) is 22.0 Å². The van der Waals surface area contributed by atoms with Gasteiger partial charge >= 0.3 is 0 Å². The zero-order chi connectivity index (χ0) is 15.2. The summed E-state index contributed by atoms with van der Waals surface area (Å²) < 4.78 is 27.2. The molecule has 10 heteroatoms. The first-order chi connectivity index (χ1) is 9.89. The van der Waals surface area contributed by atoms with E-state index in [2.05, 4.69) is 21.2 Å². The molecule has 0 aliphatic carbocycles. The van der Waals surface area contributed by atoms with Gasteiger partial charge in [0.15, 0.2) is 4.90 Å². The largest absolute Gasteiger partial charge is 0.316 e. The summed E-state index contributed by atoms with van der Waals surface area (Å²) >= 11 is 3.13. The third-order valence-electron chi connectivity index (χ3n) is 4.09. The molecule has 2 saturated heterocycles. The average Bonchev–Trinajstić information content (AvgIpc) is 2.98. The molecule has 0 bridgehead atoms. The Morgan fingerprint density at radius 3 is 2.41 bits per heavy atom. The normalized spacial score (nSPS) is 24.8. The van der Waals surface area contributed by atoms with Crippen LogP contribution in [0.2, 0.25) is 0 Å².